The number of hydrogen-bond donors (Lipinski definition) is 2. The van der Waals surface area contributed by atoms with E-state index in [-0.39, 0.29) is 18.0 Å². The number of carbonyl (C=O) groups excluding carboxylic acids is 1. The molecule has 37 heavy (non-hydrogen) atoms. The summed E-state index contributed by atoms with van der Waals surface area (Å²) in [5, 5.41) is 7.37. The minimum atomic E-state index is -3.47. The Morgan fingerprint density at radius 1 is 1.16 bits per heavy atom. The van der Waals surface area contributed by atoms with Crippen molar-refractivity contribution in [1.29, 1.82) is 0 Å². The number of aromatic nitrogens is 1. The standard InChI is InChI=1S/C26H33IN4O3S3/c1-15(2)37(33,34)24-22(27)23(36-26(24)35-5)25(32)29-17-12-10-16(11-13-17)28-21-14-20(31(3)4)18-8-6-7-9-19(18)30-21/h6-9,14-17H,10-13H2,1-5H3,(H,28,30)(H,29,32). The van der Waals surface area contributed by atoms with Crippen molar-refractivity contribution in [2.75, 3.05) is 30.6 Å². The lowest BCUT2D eigenvalue weighted by Crippen LogP contribution is -2.40. The van der Waals surface area contributed by atoms with Gasteiger partial charge in [-0.2, -0.15) is 0 Å². The van der Waals surface area contributed by atoms with Crippen LogP contribution in [0.1, 0.15) is 49.2 Å². The summed E-state index contributed by atoms with van der Waals surface area (Å²) in [6.07, 6.45) is 5.39. The van der Waals surface area contributed by atoms with Gasteiger partial charge in [-0.05, 0) is 74.4 Å². The Morgan fingerprint density at radius 2 is 1.81 bits per heavy atom. The molecule has 1 aliphatic carbocycles. The highest BCUT2D eigenvalue weighted by atomic mass is 127. The van der Waals surface area contributed by atoms with Gasteiger partial charge in [0.1, 0.15) is 15.6 Å². The summed E-state index contributed by atoms with van der Waals surface area (Å²) in [5.41, 5.74) is 2.09. The second-order valence-corrected chi connectivity index (χ2v) is 15.4. The number of thioether (sulfide) groups is 1. The molecule has 0 aliphatic heterocycles. The first kappa shape index (κ1) is 28.4. The van der Waals surface area contributed by atoms with Crippen molar-refractivity contribution in [2.24, 2.45) is 0 Å². The lowest BCUT2D eigenvalue weighted by atomic mass is 9.91. The molecule has 0 spiro atoms. The molecule has 1 amide bonds. The summed E-state index contributed by atoms with van der Waals surface area (Å²) < 4.78 is 27.0. The number of pyridine rings is 1. The SMILES string of the molecule is CSc1sc(C(=O)NC2CCC(Nc3cc(N(C)C)c4ccccc4n3)CC2)c(I)c1S(=O)(=O)C(C)C. The normalized spacial score (nSPS) is 18.2. The number of sulfone groups is 1. The van der Waals surface area contributed by atoms with Crippen molar-refractivity contribution in [3.05, 3.63) is 38.8 Å². The quantitative estimate of drug-likeness (QED) is 0.223. The summed E-state index contributed by atoms with van der Waals surface area (Å²) in [4.78, 5) is 20.9. The predicted octanol–water partition coefficient (Wildman–Crippen LogP) is 6.02. The summed E-state index contributed by atoms with van der Waals surface area (Å²) in [5.74, 6) is 0.685. The zero-order valence-electron chi connectivity index (χ0n) is 21.7. The van der Waals surface area contributed by atoms with Crippen LogP contribution >= 0.6 is 45.7 Å². The fourth-order valence-electron chi connectivity index (χ4n) is 4.58. The fraction of sp³-hybridized carbons (Fsp3) is 0.462. The molecule has 7 nitrogen and oxygen atoms in total. The Balaban J connectivity index is 1.42. The van der Waals surface area contributed by atoms with Gasteiger partial charge in [0, 0.05) is 43.3 Å². The van der Waals surface area contributed by atoms with Gasteiger partial charge in [0.05, 0.1) is 18.5 Å². The van der Waals surface area contributed by atoms with Crippen molar-refractivity contribution in [2.45, 2.75) is 66.0 Å². The van der Waals surface area contributed by atoms with Crippen molar-refractivity contribution in [3.63, 3.8) is 0 Å². The van der Waals surface area contributed by atoms with Crippen molar-refractivity contribution in [3.8, 4) is 0 Å². The van der Waals surface area contributed by atoms with E-state index >= 15 is 0 Å². The van der Waals surface area contributed by atoms with Gasteiger partial charge in [-0.25, -0.2) is 13.4 Å². The molecule has 4 rings (SSSR count). The molecule has 2 aromatic heterocycles. The smallest absolute Gasteiger partial charge is 0.262 e. The number of anilines is 2. The summed E-state index contributed by atoms with van der Waals surface area (Å²) in [7, 11) is 0.608. The first-order valence-electron chi connectivity index (χ1n) is 12.3. The van der Waals surface area contributed by atoms with E-state index in [1.165, 1.54) is 23.1 Å². The lowest BCUT2D eigenvalue weighted by molar-refractivity contribution is 0.0929. The third kappa shape index (κ3) is 6.04. The van der Waals surface area contributed by atoms with E-state index in [4.69, 9.17) is 4.98 Å². The Bertz CT molecular complexity index is 1400. The van der Waals surface area contributed by atoms with Crippen LogP contribution in [0.25, 0.3) is 10.9 Å². The van der Waals surface area contributed by atoms with E-state index in [1.54, 1.807) is 13.8 Å². The molecule has 200 valence electrons. The third-order valence-corrected chi connectivity index (χ3v) is 13.3. The highest BCUT2D eigenvalue weighted by Gasteiger charge is 2.32. The van der Waals surface area contributed by atoms with E-state index in [0.29, 0.717) is 17.6 Å². The van der Waals surface area contributed by atoms with Crippen molar-refractivity contribution in [1.82, 2.24) is 10.3 Å². The molecule has 11 heteroatoms. The van der Waals surface area contributed by atoms with Crippen LogP contribution in [0.2, 0.25) is 0 Å². The van der Waals surface area contributed by atoms with E-state index in [2.05, 4.69) is 27.7 Å². The van der Waals surface area contributed by atoms with Crippen LogP contribution in [-0.2, 0) is 9.84 Å². The maximum absolute atomic E-state index is 13.2. The number of thiophene rings is 1. The molecular weight excluding hydrogens is 639 g/mol. The monoisotopic (exact) mass is 672 g/mol. The fourth-order valence-corrected chi connectivity index (χ4v) is 10.5. The minimum absolute atomic E-state index is 0.0632. The van der Waals surface area contributed by atoms with Crippen molar-refractivity contribution < 1.29 is 13.2 Å². The average Bonchev–Trinajstić information content (AvgIpc) is 3.21. The number of nitrogens with zero attached hydrogens (tertiary/aromatic N) is 2. The summed E-state index contributed by atoms with van der Waals surface area (Å²) >= 11 is 4.67. The number of carbonyl (C=O) groups is 1. The van der Waals surface area contributed by atoms with Gasteiger partial charge in [-0.1, -0.05) is 18.2 Å². The topological polar surface area (TPSA) is 91.4 Å². The Morgan fingerprint density at radius 3 is 2.43 bits per heavy atom. The van der Waals surface area contributed by atoms with Crippen LogP contribution in [0, 0.1) is 3.57 Å². The second kappa shape index (κ2) is 11.7. The Kier molecular flexibility index (Phi) is 8.97. The summed E-state index contributed by atoms with van der Waals surface area (Å²) in [6.45, 7) is 3.35. The Labute approximate surface area is 241 Å². The van der Waals surface area contributed by atoms with Crippen LogP contribution in [-0.4, -0.2) is 57.0 Å². The molecule has 1 saturated carbocycles. The highest BCUT2D eigenvalue weighted by Crippen LogP contribution is 2.41. The lowest BCUT2D eigenvalue weighted by Gasteiger charge is -2.30. The van der Waals surface area contributed by atoms with Gasteiger partial charge in [0.15, 0.2) is 9.84 Å². The highest BCUT2D eigenvalue weighted by molar-refractivity contribution is 14.1. The molecular formula is C26H33IN4O3S3. The van der Waals surface area contributed by atoms with Crippen molar-refractivity contribution >= 4 is 83.8 Å². The van der Waals surface area contributed by atoms with Gasteiger partial charge < -0.3 is 15.5 Å². The predicted molar refractivity (Wildman–Crippen MR) is 164 cm³/mol. The molecule has 2 heterocycles. The van der Waals surface area contributed by atoms with Gasteiger partial charge in [-0.15, -0.1) is 23.1 Å². The third-order valence-electron chi connectivity index (χ3n) is 6.67. The second-order valence-electron chi connectivity index (χ2n) is 9.76. The number of benzene rings is 1. The number of nitrogens with one attached hydrogen (secondary N) is 2. The van der Waals surface area contributed by atoms with Gasteiger partial charge >= 0.3 is 0 Å². The van der Waals surface area contributed by atoms with Crippen LogP contribution < -0.4 is 15.5 Å². The Hall–Kier alpha value is -1.57. The molecule has 0 bridgehead atoms. The molecule has 0 atom stereocenters. The maximum Gasteiger partial charge on any atom is 0.262 e. The first-order chi connectivity index (χ1) is 17.5. The van der Waals surface area contributed by atoms with Crippen LogP contribution in [0.4, 0.5) is 11.5 Å². The number of amides is 1. The number of hydrogen-bond acceptors (Lipinski definition) is 8. The molecule has 1 fully saturated rings. The minimum Gasteiger partial charge on any atom is -0.377 e. The van der Waals surface area contributed by atoms with Gasteiger partial charge in [0.2, 0.25) is 0 Å². The molecule has 0 radical (unpaired) electrons. The molecule has 3 aromatic rings. The average molecular weight is 673 g/mol. The zero-order chi connectivity index (χ0) is 26.9. The first-order valence-corrected chi connectivity index (χ1v) is 16.9. The molecule has 1 aromatic carbocycles. The van der Waals surface area contributed by atoms with E-state index < -0.39 is 15.1 Å². The number of rotatable bonds is 8. The van der Waals surface area contributed by atoms with E-state index in [9.17, 15) is 13.2 Å². The summed E-state index contributed by atoms with van der Waals surface area (Å²) in [6, 6.07) is 10.6. The van der Waals surface area contributed by atoms with Gasteiger partial charge in [0.25, 0.3) is 5.91 Å². The van der Waals surface area contributed by atoms with Crippen LogP contribution in [0.15, 0.2) is 39.4 Å². The molecule has 0 saturated heterocycles. The molecule has 0 unspecified atom stereocenters. The number of para-hydroxylation sites is 1. The molecule has 1 aliphatic rings. The van der Waals surface area contributed by atoms with E-state index in [1.807, 2.05) is 61.1 Å². The van der Waals surface area contributed by atoms with E-state index in [0.717, 1.165) is 48.1 Å². The molecule has 2 N–H and O–H groups in total. The van der Waals surface area contributed by atoms with Crippen LogP contribution in [0.3, 0.4) is 0 Å². The van der Waals surface area contributed by atoms with Crippen LogP contribution in [0.5, 0.6) is 0 Å². The zero-order valence-corrected chi connectivity index (χ0v) is 26.3. The van der Waals surface area contributed by atoms with Gasteiger partial charge in [-0.3, -0.25) is 4.79 Å². The number of halogens is 1. The number of fused-ring (bicyclic) bond motifs is 1. The maximum atomic E-state index is 13.2. The largest absolute Gasteiger partial charge is 0.377 e.